The molecule has 0 radical (unpaired) electrons. The van der Waals surface area contributed by atoms with Crippen LogP contribution < -0.4 is 10.2 Å². The number of amides is 2. The predicted molar refractivity (Wildman–Crippen MR) is 99.5 cm³/mol. The quantitative estimate of drug-likeness (QED) is 0.873. The Balaban J connectivity index is 1.71. The molecule has 25 heavy (non-hydrogen) atoms. The first-order valence-electron chi connectivity index (χ1n) is 8.82. The number of para-hydroxylation sites is 1. The van der Waals surface area contributed by atoms with E-state index in [2.05, 4.69) is 24.4 Å². The fourth-order valence-corrected chi connectivity index (χ4v) is 3.37. The molecule has 1 aliphatic rings. The Hall–Kier alpha value is -2.62. The van der Waals surface area contributed by atoms with E-state index in [9.17, 15) is 9.59 Å². The van der Waals surface area contributed by atoms with Gasteiger partial charge >= 0.3 is 11.8 Å². The van der Waals surface area contributed by atoms with Gasteiger partial charge in [-0.3, -0.25) is 9.59 Å². The molecule has 0 aromatic heterocycles. The maximum absolute atomic E-state index is 12.7. The molecule has 4 nitrogen and oxygen atoms in total. The zero-order chi connectivity index (χ0) is 18.0. The highest BCUT2D eigenvalue weighted by Gasteiger charge is 2.34. The van der Waals surface area contributed by atoms with Gasteiger partial charge in [-0.05, 0) is 49.4 Å². The number of rotatable bonds is 3. The van der Waals surface area contributed by atoms with E-state index in [4.69, 9.17) is 0 Å². The van der Waals surface area contributed by atoms with Gasteiger partial charge in [0.1, 0.15) is 0 Å². The first kappa shape index (κ1) is 17.2. The Morgan fingerprint density at radius 2 is 1.84 bits per heavy atom. The number of nitrogens with one attached hydrogen (secondary N) is 1. The van der Waals surface area contributed by atoms with Crippen molar-refractivity contribution in [3.63, 3.8) is 0 Å². The summed E-state index contributed by atoms with van der Waals surface area (Å²) in [5.41, 5.74) is 4.20. The van der Waals surface area contributed by atoms with Gasteiger partial charge < -0.3 is 10.2 Å². The minimum atomic E-state index is -0.560. The molecule has 2 atom stereocenters. The minimum Gasteiger partial charge on any atom is -0.341 e. The van der Waals surface area contributed by atoms with Crippen molar-refractivity contribution < 1.29 is 9.59 Å². The number of carbonyl (C=O) groups excluding carboxylic acids is 2. The second-order valence-electron chi connectivity index (χ2n) is 6.65. The standard InChI is InChI=1S/C21H24N2O2/c1-4-16-9-11-17(12-10-16)15(3)22-20(24)21(25)23-14(2)13-18-7-5-6-8-19(18)23/h5-12,14-15H,4,13H2,1-3H3,(H,22,24). The van der Waals surface area contributed by atoms with Crippen molar-refractivity contribution in [2.24, 2.45) is 0 Å². The fraction of sp³-hybridized carbons (Fsp3) is 0.333. The molecule has 2 amide bonds. The maximum Gasteiger partial charge on any atom is 0.316 e. The first-order valence-corrected chi connectivity index (χ1v) is 8.82. The highest BCUT2D eigenvalue weighted by atomic mass is 16.2. The van der Waals surface area contributed by atoms with Crippen LogP contribution in [0.25, 0.3) is 0 Å². The number of hydrogen-bond donors (Lipinski definition) is 1. The molecule has 1 N–H and O–H groups in total. The van der Waals surface area contributed by atoms with Crippen molar-refractivity contribution in [3.05, 3.63) is 65.2 Å². The molecular weight excluding hydrogens is 312 g/mol. The summed E-state index contributed by atoms with van der Waals surface area (Å²) in [7, 11) is 0. The number of carbonyl (C=O) groups is 2. The number of fused-ring (bicyclic) bond motifs is 1. The number of benzene rings is 2. The minimum absolute atomic E-state index is 0.00482. The Kier molecular flexibility index (Phi) is 4.88. The molecule has 2 unspecified atom stereocenters. The van der Waals surface area contributed by atoms with Crippen molar-refractivity contribution in [3.8, 4) is 0 Å². The predicted octanol–water partition coefficient (Wildman–Crippen LogP) is 3.40. The third-order valence-corrected chi connectivity index (χ3v) is 4.86. The molecule has 0 saturated carbocycles. The first-order chi connectivity index (χ1) is 12.0. The zero-order valence-corrected chi connectivity index (χ0v) is 15.0. The monoisotopic (exact) mass is 336 g/mol. The lowest BCUT2D eigenvalue weighted by Gasteiger charge is -2.23. The summed E-state index contributed by atoms with van der Waals surface area (Å²) < 4.78 is 0. The van der Waals surface area contributed by atoms with Gasteiger partial charge in [-0.15, -0.1) is 0 Å². The molecule has 4 heteroatoms. The number of nitrogens with zero attached hydrogens (tertiary/aromatic N) is 1. The van der Waals surface area contributed by atoms with Crippen LogP contribution in [-0.4, -0.2) is 17.9 Å². The smallest absolute Gasteiger partial charge is 0.316 e. The van der Waals surface area contributed by atoms with Gasteiger partial charge in [0.2, 0.25) is 0 Å². The fourth-order valence-electron chi connectivity index (χ4n) is 3.37. The van der Waals surface area contributed by atoms with E-state index >= 15 is 0 Å². The summed E-state index contributed by atoms with van der Waals surface area (Å²) >= 11 is 0. The summed E-state index contributed by atoms with van der Waals surface area (Å²) in [5, 5.41) is 2.83. The Morgan fingerprint density at radius 1 is 1.16 bits per heavy atom. The second kappa shape index (κ2) is 7.09. The van der Waals surface area contributed by atoms with Crippen molar-refractivity contribution in [1.29, 1.82) is 0 Å². The Bertz CT molecular complexity index is 783. The number of aryl methyl sites for hydroxylation is 1. The van der Waals surface area contributed by atoms with E-state index in [1.165, 1.54) is 5.56 Å². The van der Waals surface area contributed by atoms with E-state index < -0.39 is 11.8 Å². The molecule has 1 aliphatic heterocycles. The van der Waals surface area contributed by atoms with Crippen molar-refractivity contribution in [1.82, 2.24) is 5.32 Å². The highest BCUT2D eigenvalue weighted by Crippen LogP contribution is 2.31. The van der Waals surface area contributed by atoms with Crippen LogP contribution in [0.15, 0.2) is 48.5 Å². The second-order valence-corrected chi connectivity index (χ2v) is 6.65. The molecule has 130 valence electrons. The summed E-state index contributed by atoms with van der Waals surface area (Å²) in [6.07, 6.45) is 1.76. The van der Waals surface area contributed by atoms with Crippen LogP contribution in [0.2, 0.25) is 0 Å². The summed E-state index contributed by atoms with van der Waals surface area (Å²) in [4.78, 5) is 26.8. The Labute approximate surface area is 148 Å². The van der Waals surface area contributed by atoms with Crippen molar-refractivity contribution >= 4 is 17.5 Å². The molecular formula is C21H24N2O2. The van der Waals surface area contributed by atoms with Crippen LogP contribution in [0.3, 0.4) is 0 Å². The highest BCUT2D eigenvalue weighted by molar-refractivity contribution is 6.40. The van der Waals surface area contributed by atoms with E-state index in [0.29, 0.717) is 0 Å². The van der Waals surface area contributed by atoms with E-state index in [1.807, 2.05) is 50.2 Å². The topological polar surface area (TPSA) is 49.4 Å². The van der Waals surface area contributed by atoms with Gasteiger partial charge in [0, 0.05) is 11.7 Å². The zero-order valence-electron chi connectivity index (χ0n) is 15.0. The normalized spacial score (nSPS) is 17.1. The van der Waals surface area contributed by atoms with Crippen LogP contribution in [0.1, 0.15) is 43.5 Å². The molecule has 2 aromatic rings. The number of hydrogen-bond acceptors (Lipinski definition) is 2. The maximum atomic E-state index is 12.7. The molecule has 0 saturated heterocycles. The summed E-state index contributed by atoms with van der Waals surface area (Å²) in [6.45, 7) is 5.97. The SMILES string of the molecule is CCc1ccc(C(C)NC(=O)C(=O)N2c3ccccc3CC2C)cc1. The van der Waals surface area contributed by atoms with Gasteiger partial charge in [0.25, 0.3) is 0 Å². The summed E-state index contributed by atoms with van der Waals surface area (Å²) in [5.74, 6) is -1.05. The number of anilines is 1. The van der Waals surface area contributed by atoms with Crippen LogP contribution in [0.4, 0.5) is 5.69 Å². The van der Waals surface area contributed by atoms with Crippen LogP contribution in [0, 0.1) is 0 Å². The molecule has 0 aliphatic carbocycles. The lowest BCUT2D eigenvalue weighted by atomic mass is 10.0. The third kappa shape index (κ3) is 3.43. The van der Waals surface area contributed by atoms with Gasteiger partial charge in [-0.2, -0.15) is 0 Å². The van der Waals surface area contributed by atoms with Crippen molar-refractivity contribution in [2.75, 3.05) is 4.90 Å². The van der Waals surface area contributed by atoms with Crippen LogP contribution in [-0.2, 0) is 22.4 Å². The van der Waals surface area contributed by atoms with Gasteiger partial charge in [-0.25, -0.2) is 0 Å². The van der Waals surface area contributed by atoms with Gasteiger partial charge in [0.05, 0.1) is 6.04 Å². The van der Waals surface area contributed by atoms with Gasteiger partial charge in [0.15, 0.2) is 0 Å². The molecule has 3 rings (SSSR count). The van der Waals surface area contributed by atoms with Gasteiger partial charge in [-0.1, -0.05) is 49.4 Å². The van der Waals surface area contributed by atoms with E-state index in [-0.39, 0.29) is 12.1 Å². The van der Waals surface area contributed by atoms with Crippen LogP contribution in [0.5, 0.6) is 0 Å². The molecule has 0 fully saturated rings. The third-order valence-electron chi connectivity index (χ3n) is 4.86. The summed E-state index contributed by atoms with van der Waals surface area (Å²) in [6, 6.07) is 15.7. The molecule has 2 aromatic carbocycles. The molecule has 0 spiro atoms. The average Bonchev–Trinajstić information content (AvgIpc) is 2.96. The average molecular weight is 336 g/mol. The Morgan fingerprint density at radius 3 is 2.52 bits per heavy atom. The van der Waals surface area contributed by atoms with E-state index in [0.717, 1.165) is 29.7 Å². The van der Waals surface area contributed by atoms with E-state index in [1.54, 1.807) is 4.90 Å². The largest absolute Gasteiger partial charge is 0.341 e. The molecule has 1 heterocycles. The lowest BCUT2D eigenvalue weighted by Crippen LogP contribution is -2.46. The molecule has 0 bridgehead atoms. The van der Waals surface area contributed by atoms with Crippen molar-refractivity contribution in [2.45, 2.75) is 45.7 Å². The lowest BCUT2D eigenvalue weighted by molar-refractivity contribution is -0.138. The van der Waals surface area contributed by atoms with Crippen LogP contribution >= 0.6 is 0 Å².